The molecule has 1 unspecified atom stereocenters. The Morgan fingerprint density at radius 3 is 2.40 bits per heavy atom. The van der Waals surface area contributed by atoms with Gasteiger partial charge in [-0.05, 0) is 19.1 Å². The van der Waals surface area contributed by atoms with Gasteiger partial charge in [0.2, 0.25) is 0 Å². The van der Waals surface area contributed by atoms with Crippen molar-refractivity contribution in [3.05, 3.63) is 29.8 Å². The summed E-state index contributed by atoms with van der Waals surface area (Å²) in [5.74, 6) is -0.353. The van der Waals surface area contributed by atoms with Gasteiger partial charge < -0.3 is 0 Å². The molecule has 0 aliphatic rings. The van der Waals surface area contributed by atoms with Gasteiger partial charge >= 0.3 is 0 Å². The molecule has 0 heterocycles. The van der Waals surface area contributed by atoms with Crippen LogP contribution in [-0.2, 0) is 9.84 Å². The normalized spacial score (nSPS) is 13.1. The summed E-state index contributed by atoms with van der Waals surface area (Å²) in [5.41, 5.74) is 0.983. The highest BCUT2D eigenvalue weighted by molar-refractivity contribution is 7.91. The molecule has 0 aliphatic heterocycles. The number of aryl methyl sites for hydroxylation is 1. The molecule has 0 bridgehead atoms. The van der Waals surface area contributed by atoms with E-state index >= 15 is 0 Å². The average molecular weight is 244 g/mol. The topological polar surface area (TPSA) is 57.9 Å². The van der Waals surface area contributed by atoms with Crippen molar-refractivity contribution in [2.75, 3.05) is 5.75 Å². The van der Waals surface area contributed by atoms with Gasteiger partial charge in [0.15, 0.2) is 9.84 Å². The van der Waals surface area contributed by atoms with Crippen LogP contribution in [0.25, 0.3) is 0 Å². The summed E-state index contributed by atoms with van der Waals surface area (Å²) in [4.78, 5) is 0.203. The number of benzene rings is 1. The second-order valence-corrected chi connectivity index (χ2v) is 5.75. The number of hydrogen-bond acceptors (Lipinski definition) is 3. The molecule has 15 heavy (non-hydrogen) atoms. The molecule has 1 rings (SSSR count). The molecule has 1 atom stereocenters. The van der Waals surface area contributed by atoms with Crippen molar-refractivity contribution in [1.29, 1.82) is 5.26 Å². The van der Waals surface area contributed by atoms with Gasteiger partial charge in [-0.15, -0.1) is 11.6 Å². The number of halogens is 1. The summed E-state index contributed by atoms with van der Waals surface area (Å²) in [7, 11) is -3.44. The first-order valence-corrected chi connectivity index (χ1v) is 6.37. The monoisotopic (exact) mass is 243 g/mol. The third-order valence-electron chi connectivity index (χ3n) is 1.89. The number of rotatable bonds is 3. The molecule has 0 spiro atoms. The van der Waals surface area contributed by atoms with E-state index in [2.05, 4.69) is 0 Å². The van der Waals surface area contributed by atoms with Gasteiger partial charge in [-0.25, -0.2) is 8.42 Å². The van der Waals surface area contributed by atoms with Crippen molar-refractivity contribution in [3.8, 4) is 6.07 Å². The SMILES string of the molecule is Cc1ccc(S(=O)(=O)CC(Cl)C#N)cc1. The first kappa shape index (κ1) is 12.0. The van der Waals surface area contributed by atoms with Gasteiger partial charge in [-0.1, -0.05) is 17.7 Å². The van der Waals surface area contributed by atoms with Crippen molar-refractivity contribution in [3.63, 3.8) is 0 Å². The van der Waals surface area contributed by atoms with E-state index in [4.69, 9.17) is 16.9 Å². The van der Waals surface area contributed by atoms with Gasteiger partial charge in [0.05, 0.1) is 16.7 Å². The Morgan fingerprint density at radius 1 is 1.40 bits per heavy atom. The van der Waals surface area contributed by atoms with E-state index in [1.54, 1.807) is 18.2 Å². The van der Waals surface area contributed by atoms with Gasteiger partial charge in [0.1, 0.15) is 5.38 Å². The van der Waals surface area contributed by atoms with Crippen LogP contribution in [0.2, 0.25) is 0 Å². The Balaban J connectivity index is 2.98. The average Bonchev–Trinajstić information content (AvgIpc) is 2.17. The molecule has 0 aromatic heterocycles. The molecule has 0 N–H and O–H groups in total. The quantitative estimate of drug-likeness (QED) is 0.762. The van der Waals surface area contributed by atoms with Crippen LogP contribution in [0.15, 0.2) is 29.2 Å². The van der Waals surface area contributed by atoms with Crippen LogP contribution >= 0.6 is 11.6 Å². The van der Waals surface area contributed by atoms with Crippen LogP contribution in [0.1, 0.15) is 5.56 Å². The summed E-state index contributed by atoms with van der Waals surface area (Å²) in [5, 5.41) is 7.44. The van der Waals surface area contributed by atoms with Crippen LogP contribution in [-0.4, -0.2) is 19.5 Å². The predicted octanol–water partition coefficient (Wildman–Crippen LogP) is 1.90. The van der Waals surface area contributed by atoms with E-state index in [0.717, 1.165) is 5.56 Å². The number of alkyl halides is 1. The lowest BCUT2D eigenvalue weighted by molar-refractivity contribution is 0.596. The third kappa shape index (κ3) is 3.22. The molecule has 0 aliphatic carbocycles. The van der Waals surface area contributed by atoms with Gasteiger partial charge in [-0.3, -0.25) is 0 Å². The fourth-order valence-electron chi connectivity index (χ4n) is 1.07. The number of sulfone groups is 1. The van der Waals surface area contributed by atoms with Crippen LogP contribution in [0, 0.1) is 18.3 Å². The van der Waals surface area contributed by atoms with E-state index in [-0.39, 0.29) is 10.6 Å². The zero-order chi connectivity index (χ0) is 11.5. The van der Waals surface area contributed by atoms with Gasteiger partial charge in [0, 0.05) is 0 Å². The fraction of sp³-hybridized carbons (Fsp3) is 0.300. The van der Waals surface area contributed by atoms with Crippen molar-refractivity contribution >= 4 is 21.4 Å². The summed E-state index contributed by atoms with van der Waals surface area (Å²) < 4.78 is 23.4. The standard InChI is InChI=1S/C10H10ClNO2S/c1-8-2-4-10(5-3-8)15(13,14)7-9(11)6-12/h2-5,9H,7H2,1H3. The third-order valence-corrected chi connectivity index (χ3v) is 4.08. The number of nitriles is 1. The minimum absolute atomic E-state index is 0.203. The maximum absolute atomic E-state index is 11.7. The van der Waals surface area contributed by atoms with E-state index in [9.17, 15) is 8.42 Å². The Bertz CT molecular complexity index is 473. The summed E-state index contributed by atoms with van der Waals surface area (Å²) in [6.07, 6.45) is 0. The highest BCUT2D eigenvalue weighted by atomic mass is 35.5. The maximum Gasteiger partial charge on any atom is 0.180 e. The van der Waals surface area contributed by atoms with Crippen LogP contribution in [0.5, 0.6) is 0 Å². The number of nitrogens with zero attached hydrogens (tertiary/aromatic N) is 1. The van der Waals surface area contributed by atoms with Crippen molar-refractivity contribution in [2.45, 2.75) is 17.2 Å². The zero-order valence-corrected chi connectivity index (χ0v) is 9.72. The Morgan fingerprint density at radius 2 is 1.93 bits per heavy atom. The van der Waals surface area contributed by atoms with Crippen LogP contribution in [0.4, 0.5) is 0 Å². The van der Waals surface area contributed by atoms with E-state index < -0.39 is 15.2 Å². The largest absolute Gasteiger partial charge is 0.224 e. The molecule has 0 radical (unpaired) electrons. The Kier molecular flexibility index (Phi) is 3.72. The highest BCUT2D eigenvalue weighted by Gasteiger charge is 2.19. The lowest BCUT2D eigenvalue weighted by Crippen LogP contribution is -2.14. The van der Waals surface area contributed by atoms with Gasteiger partial charge in [0.25, 0.3) is 0 Å². The summed E-state index contributed by atoms with van der Waals surface area (Å²) >= 11 is 5.49. The van der Waals surface area contributed by atoms with E-state index in [1.165, 1.54) is 12.1 Å². The maximum atomic E-state index is 11.7. The smallest absolute Gasteiger partial charge is 0.180 e. The zero-order valence-electron chi connectivity index (χ0n) is 8.14. The Labute approximate surface area is 94.2 Å². The minimum Gasteiger partial charge on any atom is -0.224 e. The van der Waals surface area contributed by atoms with Gasteiger partial charge in [-0.2, -0.15) is 5.26 Å². The molecule has 1 aromatic carbocycles. The lowest BCUT2D eigenvalue weighted by Gasteiger charge is -2.04. The fourth-order valence-corrected chi connectivity index (χ4v) is 2.77. The van der Waals surface area contributed by atoms with Crippen LogP contribution in [0.3, 0.4) is 0 Å². The van der Waals surface area contributed by atoms with Crippen molar-refractivity contribution in [2.24, 2.45) is 0 Å². The minimum atomic E-state index is -3.44. The first-order chi connectivity index (χ1) is 6.95. The molecule has 80 valence electrons. The van der Waals surface area contributed by atoms with E-state index in [0.29, 0.717) is 0 Å². The molecule has 1 aromatic rings. The van der Waals surface area contributed by atoms with Crippen LogP contribution < -0.4 is 0 Å². The summed E-state index contributed by atoms with van der Waals surface area (Å²) in [6, 6.07) is 8.15. The number of hydrogen-bond donors (Lipinski definition) is 0. The molecule has 0 saturated carbocycles. The van der Waals surface area contributed by atoms with E-state index in [1.807, 2.05) is 6.92 Å². The molecule has 0 amide bonds. The molecule has 0 saturated heterocycles. The Hall–Kier alpha value is -1.05. The first-order valence-electron chi connectivity index (χ1n) is 4.29. The predicted molar refractivity (Wildman–Crippen MR) is 58.5 cm³/mol. The molecule has 0 fully saturated rings. The molecule has 3 nitrogen and oxygen atoms in total. The second kappa shape index (κ2) is 4.65. The molecular formula is C10H10ClNO2S. The van der Waals surface area contributed by atoms with Crippen molar-refractivity contribution in [1.82, 2.24) is 0 Å². The molecular weight excluding hydrogens is 234 g/mol. The second-order valence-electron chi connectivity index (χ2n) is 3.19. The molecule has 5 heteroatoms. The highest BCUT2D eigenvalue weighted by Crippen LogP contribution is 2.14. The van der Waals surface area contributed by atoms with Crippen molar-refractivity contribution < 1.29 is 8.42 Å². The lowest BCUT2D eigenvalue weighted by atomic mass is 10.2. The summed E-state index contributed by atoms with van der Waals surface area (Å²) in [6.45, 7) is 1.87.